The summed E-state index contributed by atoms with van der Waals surface area (Å²) in [6.45, 7) is 0. The van der Waals surface area contributed by atoms with Crippen molar-refractivity contribution in [2.75, 3.05) is 0 Å². The second kappa shape index (κ2) is 3.06. The molecular formula is C10H10FNO2. The van der Waals surface area contributed by atoms with Crippen LogP contribution in [0.1, 0.15) is 33.9 Å². The summed E-state index contributed by atoms with van der Waals surface area (Å²) in [6.07, 6.45) is 1.43. The molecule has 3 nitrogen and oxygen atoms in total. The van der Waals surface area contributed by atoms with Crippen molar-refractivity contribution in [3.05, 3.63) is 34.6 Å². The van der Waals surface area contributed by atoms with E-state index in [-0.39, 0.29) is 11.6 Å². The molecule has 2 rings (SSSR count). The van der Waals surface area contributed by atoms with Gasteiger partial charge in [0.2, 0.25) is 0 Å². The van der Waals surface area contributed by atoms with Crippen molar-refractivity contribution in [3.8, 4) is 0 Å². The summed E-state index contributed by atoms with van der Waals surface area (Å²) in [7, 11) is 0. The van der Waals surface area contributed by atoms with Gasteiger partial charge in [0.15, 0.2) is 0 Å². The molecule has 0 bridgehead atoms. The molecule has 0 saturated heterocycles. The van der Waals surface area contributed by atoms with E-state index in [1.807, 2.05) is 0 Å². The van der Waals surface area contributed by atoms with E-state index in [2.05, 4.69) is 0 Å². The molecule has 0 spiro atoms. The normalized spacial score (nSPS) is 19.4. The van der Waals surface area contributed by atoms with Crippen molar-refractivity contribution in [1.29, 1.82) is 0 Å². The number of carbonyl (C=O) groups is 1. The number of halogens is 1. The van der Waals surface area contributed by atoms with E-state index < -0.39 is 11.8 Å². The van der Waals surface area contributed by atoms with Gasteiger partial charge in [0, 0.05) is 6.04 Å². The van der Waals surface area contributed by atoms with E-state index in [4.69, 9.17) is 10.8 Å². The first kappa shape index (κ1) is 9.15. The van der Waals surface area contributed by atoms with Crippen LogP contribution in [-0.4, -0.2) is 11.1 Å². The minimum Gasteiger partial charge on any atom is -0.478 e. The number of aromatic carboxylic acids is 1. The molecule has 0 amide bonds. The fourth-order valence-electron chi connectivity index (χ4n) is 1.95. The standard InChI is InChI=1S/C10H10FNO2/c11-6-3-1-5-2-4-7(12)8(5)9(6)10(13)14/h1,3,7H,2,4,12H2,(H,13,14)/t7-/m1/s1. The number of benzene rings is 1. The van der Waals surface area contributed by atoms with Crippen LogP contribution in [0.5, 0.6) is 0 Å². The maximum absolute atomic E-state index is 13.2. The van der Waals surface area contributed by atoms with Gasteiger partial charge in [0.25, 0.3) is 0 Å². The van der Waals surface area contributed by atoms with Gasteiger partial charge in [0.05, 0.1) is 0 Å². The third kappa shape index (κ3) is 1.19. The van der Waals surface area contributed by atoms with E-state index in [0.29, 0.717) is 12.0 Å². The molecule has 4 heteroatoms. The molecule has 1 aliphatic rings. The molecule has 0 saturated carbocycles. The monoisotopic (exact) mass is 195 g/mol. The zero-order chi connectivity index (χ0) is 10.3. The second-order valence-corrected chi connectivity index (χ2v) is 3.45. The van der Waals surface area contributed by atoms with E-state index in [1.165, 1.54) is 6.07 Å². The smallest absolute Gasteiger partial charge is 0.339 e. The summed E-state index contributed by atoms with van der Waals surface area (Å²) >= 11 is 0. The van der Waals surface area contributed by atoms with Crippen molar-refractivity contribution in [2.24, 2.45) is 5.73 Å². The maximum Gasteiger partial charge on any atom is 0.339 e. The summed E-state index contributed by atoms with van der Waals surface area (Å²) in [4.78, 5) is 10.8. The van der Waals surface area contributed by atoms with Gasteiger partial charge in [0.1, 0.15) is 11.4 Å². The first-order valence-electron chi connectivity index (χ1n) is 4.41. The average molecular weight is 195 g/mol. The number of fused-ring (bicyclic) bond motifs is 1. The minimum absolute atomic E-state index is 0.257. The van der Waals surface area contributed by atoms with Crippen LogP contribution in [-0.2, 0) is 6.42 Å². The third-order valence-corrected chi connectivity index (χ3v) is 2.59. The lowest BCUT2D eigenvalue weighted by Crippen LogP contribution is -2.13. The molecule has 0 fully saturated rings. The van der Waals surface area contributed by atoms with Crippen LogP contribution in [0.15, 0.2) is 12.1 Å². The minimum atomic E-state index is -1.24. The van der Waals surface area contributed by atoms with Crippen molar-refractivity contribution in [3.63, 3.8) is 0 Å². The molecule has 1 aliphatic carbocycles. The highest BCUT2D eigenvalue weighted by molar-refractivity contribution is 5.90. The Hall–Kier alpha value is -1.42. The largest absolute Gasteiger partial charge is 0.478 e. The van der Waals surface area contributed by atoms with Gasteiger partial charge in [-0.25, -0.2) is 9.18 Å². The fraction of sp³-hybridized carbons (Fsp3) is 0.300. The van der Waals surface area contributed by atoms with Gasteiger partial charge < -0.3 is 10.8 Å². The highest BCUT2D eigenvalue weighted by Crippen LogP contribution is 2.33. The Morgan fingerprint density at radius 3 is 2.93 bits per heavy atom. The average Bonchev–Trinajstić information content (AvgIpc) is 2.47. The Morgan fingerprint density at radius 2 is 2.29 bits per heavy atom. The predicted octanol–water partition coefficient (Wildman–Crippen LogP) is 1.47. The fourth-order valence-corrected chi connectivity index (χ4v) is 1.95. The highest BCUT2D eigenvalue weighted by Gasteiger charge is 2.27. The summed E-state index contributed by atoms with van der Waals surface area (Å²) in [6, 6.07) is 2.47. The molecule has 1 atom stereocenters. The lowest BCUT2D eigenvalue weighted by molar-refractivity contribution is 0.0690. The van der Waals surface area contributed by atoms with E-state index >= 15 is 0 Å². The van der Waals surface area contributed by atoms with Crippen LogP contribution in [0.4, 0.5) is 4.39 Å². The van der Waals surface area contributed by atoms with E-state index in [1.54, 1.807) is 6.07 Å². The zero-order valence-electron chi connectivity index (χ0n) is 7.46. The number of carboxylic acids is 1. The van der Waals surface area contributed by atoms with Crippen molar-refractivity contribution < 1.29 is 14.3 Å². The molecule has 3 N–H and O–H groups in total. The first-order chi connectivity index (χ1) is 6.61. The first-order valence-corrected chi connectivity index (χ1v) is 4.41. The van der Waals surface area contributed by atoms with Crippen LogP contribution in [0.3, 0.4) is 0 Å². The molecule has 1 aromatic carbocycles. The topological polar surface area (TPSA) is 63.3 Å². The number of carboxylic acid groups (broad SMARTS) is 1. The summed E-state index contributed by atoms with van der Waals surface area (Å²) in [5.74, 6) is -1.94. The van der Waals surface area contributed by atoms with Gasteiger partial charge in [-0.3, -0.25) is 0 Å². The Balaban J connectivity index is 2.68. The summed E-state index contributed by atoms with van der Waals surface area (Å²) in [5, 5.41) is 8.85. The van der Waals surface area contributed by atoms with E-state index in [0.717, 1.165) is 12.0 Å². The van der Waals surface area contributed by atoms with Crippen LogP contribution in [0.2, 0.25) is 0 Å². The van der Waals surface area contributed by atoms with Crippen molar-refractivity contribution in [1.82, 2.24) is 0 Å². The SMILES string of the molecule is N[C@@H]1CCc2ccc(F)c(C(=O)O)c21. The Kier molecular flexibility index (Phi) is 2.00. The molecule has 0 aliphatic heterocycles. The van der Waals surface area contributed by atoms with Gasteiger partial charge in [-0.15, -0.1) is 0 Å². The summed E-state index contributed by atoms with van der Waals surface area (Å²) < 4.78 is 13.2. The van der Waals surface area contributed by atoms with Crippen LogP contribution >= 0.6 is 0 Å². The number of hydrogen-bond donors (Lipinski definition) is 2. The van der Waals surface area contributed by atoms with Crippen molar-refractivity contribution in [2.45, 2.75) is 18.9 Å². The molecule has 0 aromatic heterocycles. The van der Waals surface area contributed by atoms with Gasteiger partial charge in [-0.05, 0) is 30.0 Å². The van der Waals surface area contributed by atoms with Gasteiger partial charge >= 0.3 is 5.97 Å². The second-order valence-electron chi connectivity index (χ2n) is 3.45. The summed E-state index contributed by atoms with van der Waals surface area (Å²) in [5.41, 5.74) is 6.79. The van der Waals surface area contributed by atoms with E-state index in [9.17, 15) is 9.18 Å². The molecule has 0 radical (unpaired) electrons. The zero-order valence-corrected chi connectivity index (χ0v) is 7.46. The molecular weight excluding hydrogens is 185 g/mol. The molecule has 0 unspecified atom stereocenters. The molecule has 74 valence electrons. The molecule has 1 aromatic rings. The third-order valence-electron chi connectivity index (χ3n) is 2.59. The van der Waals surface area contributed by atoms with Crippen molar-refractivity contribution >= 4 is 5.97 Å². The number of rotatable bonds is 1. The Morgan fingerprint density at radius 1 is 1.57 bits per heavy atom. The number of nitrogens with two attached hydrogens (primary N) is 1. The predicted molar refractivity (Wildman–Crippen MR) is 48.6 cm³/mol. The lowest BCUT2D eigenvalue weighted by Gasteiger charge is -2.09. The maximum atomic E-state index is 13.2. The van der Waals surface area contributed by atoms with Crippen LogP contribution in [0, 0.1) is 5.82 Å². The Bertz CT molecular complexity index is 403. The van der Waals surface area contributed by atoms with Crippen LogP contribution in [0.25, 0.3) is 0 Å². The lowest BCUT2D eigenvalue weighted by atomic mass is 10.0. The quantitative estimate of drug-likeness (QED) is 0.713. The van der Waals surface area contributed by atoms with Gasteiger partial charge in [-0.2, -0.15) is 0 Å². The molecule has 0 heterocycles. The number of hydrogen-bond acceptors (Lipinski definition) is 2. The molecule has 14 heavy (non-hydrogen) atoms. The van der Waals surface area contributed by atoms with Gasteiger partial charge in [-0.1, -0.05) is 6.07 Å². The number of aryl methyl sites for hydroxylation is 1. The highest BCUT2D eigenvalue weighted by atomic mass is 19.1. The Labute approximate surface area is 80.3 Å². The van der Waals surface area contributed by atoms with Crippen LogP contribution < -0.4 is 5.73 Å².